The number of amides is 2. The van der Waals surface area contributed by atoms with Gasteiger partial charge >= 0.3 is 0 Å². The lowest BCUT2D eigenvalue weighted by molar-refractivity contribution is -0.123. The van der Waals surface area contributed by atoms with E-state index in [0.29, 0.717) is 5.76 Å². The fourth-order valence-electron chi connectivity index (χ4n) is 2.30. The number of hydrogen-bond acceptors (Lipinski definition) is 3. The number of hydrogen-bond donors (Lipinski definition) is 2. The Hall–Kier alpha value is -1.83. The van der Waals surface area contributed by atoms with E-state index in [9.17, 15) is 9.59 Å². The molecule has 0 aliphatic rings. The second kappa shape index (κ2) is 8.32. The summed E-state index contributed by atoms with van der Waals surface area (Å²) in [6.45, 7) is 3.91. The molecule has 2 atom stereocenters. The van der Waals surface area contributed by atoms with Crippen LogP contribution in [0.15, 0.2) is 40.8 Å². The minimum atomic E-state index is -0.584. The molecule has 2 aromatic rings. The monoisotopic (exact) mass is 440 g/mol. The van der Waals surface area contributed by atoms with E-state index in [2.05, 4.69) is 33.2 Å². The minimum Gasteiger partial charge on any atom is -0.451 e. The number of benzene rings is 1. The van der Waals surface area contributed by atoms with Crippen molar-refractivity contribution in [1.29, 1.82) is 0 Å². The van der Waals surface area contributed by atoms with E-state index >= 15 is 0 Å². The first-order valence-corrected chi connectivity index (χ1v) is 8.92. The first kappa shape index (κ1) is 18.5. The number of halogens is 1. The molecule has 2 N–H and O–H groups in total. The van der Waals surface area contributed by atoms with Crippen molar-refractivity contribution in [3.8, 4) is 11.3 Å². The fourth-order valence-corrected chi connectivity index (χ4v) is 2.66. The van der Waals surface area contributed by atoms with Gasteiger partial charge in [-0.05, 0) is 52.8 Å². The minimum absolute atomic E-state index is 0.0273. The number of rotatable bonds is 6. The van der Waals surface area contributed by atoms with Gasteiger partial charge in [-0.3, -0.25) is 9.59 Å². The zero-order valence-electron chi connectivity index (χ0n) is 13.9. The zero-order valence-corrected chi connectivity index (χ0v) is 16.1. The van der Waals surface area contributed by atoms with Crippen molar-refractivity contribution < 1.29 is 14.0 Å². The van der Waals surface area contributed by atoms with E-state index in [-0.39, 0.29) is 23.5 Å². The molecule has 0 spiro atoms. The van der Waals surface area contributed by atoms with Gasteiger partial charge in [-0.25, -0.2) is 0 Å². The van der Waals surface area contributed by atoms with Gasteiger partial charge in [-0.15, -0.1) is 0 Å². The van der Waals surface area contributed by atoms with Gasteiger partial charge < -0.3 is 15.1 Å². The molecule has 24 heavy (non-hydrogen) atoms. The summed E-state index contributed by atoms with van der Waals surface area (Å²) >= 11 is 2.23. The van der Waals surface area contributed by atoms with Gasteiger partial charge in [0, 0.05) is 16.2 Å². The van der Waals surface area contributed by atoms with Crippen LogP contribution in [0.5, 0.6) is 0 Å². The average Bonchev–Trinajstić information content (AvgIpc) is 3.09. The van der Waals surface area contributed by atoms with Gasteiger partial charge in [0.2, 0.25) is 5.91 Å². The smallest absolute Gasteiger partial charge is 0.287 e. The molecule has 1 aromatic heterocycles. The molecule has 0 aliphatic heterocycles. The summed E-state index contributed by atoms with van der Waals surface area (Å²) in [6, 6.07) is 10.6. The van der Waals surface area contributed by atoms with Crippen LogP contribution in [0.1, 0.15) is 30.8 Å². The largest absolute Gasteiger partial charge is 0.451 e. The summed E-state index contributed by atoms with van der Waals surface area (Å²) in [4.78, 5) is 24.4. The van der Waals surface area contributed by atoms with Crippen molar-refractivity contribution >= 4 is 34.4 Å². The zero-order chi connectivity index (χ0) is 17.7. The second-order valence-electron chi connectivity index (χ2n) is 5.62. The standard InChI is InChI=1S/C18H21IN2O3/c1-4-11(2)16(18(23)20-3)21-17(22)15-10-9-14(24-15)12-5-7-13(19)8-6-12/h5-11,16H,4H2,1-3H3,(H,20,23)(H,21,22)/t11-,16-/m0/s1. The fraction of sp³-hybridized carbons (Fsp3) is 0.333. The van der Waals surface area contributed by atoms with Crippen LogP contribution in [0.3, 0.4) is 0 Å². The van der Waals surface area contributed by atoms with Crippen LogP contribution >= 0.6 is 22.6 Å². The lowest BCUT2D eigenvalue weighted by Crippen LogP contribution is -2.49. The Labute approximate surface area is 155 Å². The number of carbonyl (C=O) groups is 2. The van der Waals surface area contributed by atoms with Crippen molar-refractivity contribution in [3.63, 3.8) is 0 Å². The summed E-state index contributed by atoms with van der Waals surface area (Å²) in [5.41, 5.74) is 0.902. The summed E-state index contributed by atoms with van der Waals surface area (Å²) in [7, 11) is 1.56. The van der Waals surface area contributed by atoms with E-state index in [1.54, 1.807) is 19.2 Å². The maximum absolute atomic E-state index is 12.4. The highest BCUT2D eigenvalue weighted by Gasteiger charge is 2.26. The Morgan fingerprint density at radius 2 is 1.83 bits per heavy atom. The molecule has 2 rings (SSSR count). The van der Waals surface area contributed by atoms with Gasteiger partial charge in [0.05, 0.1) is 0 Å². The highest BCUT2D eigenvalue weighted by Crippen LogP contribution is 2.23. The molecule has 128 valence electrons. The van der Waals surface area contributed by atoms with Gasteiger partial charge in [-0.2, -0.15) is 0 Å². The number of nitrogens with one attached hydrogen (secondary N) is 2. The van der Waals surface area contributed by atoms with E-state index < -0.39 is 6.04 Å². The summed E-state index contributed by atoms with van der Waals surface area (Å²) in [5.74, 6) is 0.250. The van der Waals surface area contributed by atoms with Crippen molar-refractivity contribution in [1.82, 2.24) is 10.6 Å². The van der Waals surface area contributed by atoms with Crippen LogP contribution in [-0.2, 0) is 4.79 Å². The van der Waals surface area contributed by atoms with Crippen molar-refractivity contribution in [3.05, 3.63) is 45.7 Å². The Bertz CT molecular complexity index is 709. The molecule has 0 aliphatic carbocycles. The summed E-state index contributed by atoms with van der Waals surface area (Å²) in [5, 5.41) is 5.35. The molecule has 2 amide bonds. The van der Waals surface area contributed by atoms with Crippen LogP contribution in [0, 0.1) is 9.49 Å². The Morgan fingerprint density at radius 3 is 2.42 bits per heavy atom. The molecule has 0 radical (unpaired) electrons. The second-order valence-corrected chi connectivity index (χ2v) is 6.87. The molecular weight excluding hydrogens is 419 g/mol. The van der Waals surface area contributed by atoms with Gasteiger partial charge in [0.1, 0.15) is 11.8 Å². The molecule has 6 heteroatoms. The maximum Gasteiger partial charge on any atom is 0.287 e. The maximum atomic E-state index is 12.4. The lowest BCUT2D eigenvalue weighted by atomic mass is 9.98. The lowest BCUT2D eigenvalue weighted by Gasteiger charge is -2.22. The summed E-state index contributed by atoms with van der Waals surface area (Å²) < 4.78 is 6.78. The number of likely N-dealkylation sites (N-methyl/N-ethyl adjacent to an activating group) is 1. The van der Waals surface area contributed by atoms with E-state index in [0.717, 1.165) is 15.6 Å². The van der Waals surface area contributed by atoms with Gasteiger partial charge in [-0.1, -0.05) is 32.4 Å². The molecule has 5 nitrogen and oxygen atoms in total. The van der Waals surface area contributed by atoms with Gasteiger partial charge in [0.25, 0.3) is 5.91 Å². The molecule has 0 fully saturated rings. The Kier molecular flexibility index (Phi) is 6.42. The van der Waals surface area contributed by atoms with Crippen LogP contribution in [0.4, 0.5) is 0 Å². The quantitative estimate of drug-likeness (QED) is 0.677. The first-order valence-electron chi connectivity index (χ1n) is 7.84. The van der Waals surface area contributed by atoms with Crippen molar-refractivity contribution in [2.75, 3.05) is 7.05 Å². The molecule has 1 aromatic carbocycles. The topological polar surface area (TPSA) is 71.3 Å². The third kappa shape index (κ3) is 4.37. The molecule has 0 saturated carbocycles. The van der Waals surface area contributed by atoms with Gasteiger partial charge in [0.15, 0.2) is 5.76 Å². The predicted molar refractivity (Wildman–Crippen MR) is 102 cm³/mol. The highest BCUT2D eigenvalue weighted by atomic mass is 127. The predicted octanol–water partition coefficient (Wildman–Crippen LogP) is 3.44. The summed E-state index contributed by atoms with van der Waals surface area (Å²) in [6.07, 6.45) is 0.782. The first-order chi connectivity index (χ1) is 11.5. The highest BCUT2D eigenvalue weighted by molar-refractivity contribution is 14.1. The van der Waals surface area contributed by atoms with Crippen molar-refractivity contribution in [2.45, 2.75) is 26.3 Å². The van der Waals surface area contributed by atoms with Crippen molar-refractivity contribution in [2.24, 2.45) is 5.92 Å². The molecule has 1 heterocycles. The van der Waals surface area contributed by atoms with E-state index in [4.69, 9.17) is 4.42 Å². The van der Waals surface area contributed by atoms with Crippen LogP contribution < -0.4 is 10.6 Å². The molecule has 0 unspecified atom stereocenters. The SMILES string of the molecule is CC[C@H](C)[C@H](NC(=O)c1ccc(-c2ccc(I)cc2)o1)C(=O)NC. The number of furan rings is 1. The number of carbonyl (C=O) groups excluding carboxylic acids is 2. The normalized spacial score (nSPS) is 13.2. The Balaban J connectivity index is 2.15. The average molecular weight is 440 g/mol. The van der Waals surface area contributed by atoms with Crippen LogP contribution in [0.2, 0.25) is 0 Å². The molecule has 0 bridgehead atoms. The van der Waals surface area contributed by atoms with Crippen LogP contribution in [0.25, 0.3) is 11.3 Å². The van der Waals surface area contributed by atoms with E-state index in [1.165, 1.54) is 0 Å². The molecular formula is C18H21IN2O3. The van der Waals surface area contributed by atoms with Crippen LogP contribution in [-0.4, -0.2) is 24.9 Å². The Morgan fingerprint density at radius 1 is 1.17 bits per heavy atom. The van der Waals surface area contributed by atoms with E-state index in [1.807, 2.05) is 38.1 Å². The third-order valence-corrected chi connectivity index (χ3v) is 4.71. The third-order valence-electron chi connectivity index (χ3n) is 3.99. The molecule has 0 saturated heterocycles.